The van der Waals surface area contributed by atoms with Crippen molar-refractivity contribution in [1.29, 1.82) is 0 Å². The molecule has 0 bridgehead atoms. The number of aliphatic imine (C=N–C) groups is 1. The molecule has 0 radical (unpaired) electrons. The van der Waals surface area contributed by atoms with Crippen LogP contribution in [0, 0.1) is 6.92 Å². The fraction of sp³-hybridized carbons (Fsp3) is 0.500. The van der Waals surface area contributed by atoms with Gasteiger partial charge in [-0.15, -0.1) is 10.2 Å². The molecule has 0 saturated heterocycles. The number of aromatic nitrogens is 4. The molecule has 0 fully saturated rings. The molecule has 24 heavy (non-hydrogen) atoms. The Morgan fingerprint density at radius 1 is 1.25 bits per heavy atom. The van der Waals surface area contributed by atoms with E-state index in [-0.39, 0.29) is 0 Å². The summed E-state index contributed by atoms with van der Waals surface area (Å²) in [6.07, 6.45) is 0. The first-order chi connectivity index (χ1) is 11.5. The zero-order valence-electron chi connectivity index (χ0n) is 15.0. The highest BCUT2D eigenvalue weighted by Gasteiger charge is 2.06. The van der Waals surface area contributed by atoms with Crippen LogP contribution < -0.4 is 15.5 Å². The largest absolute Gasteiger partial charge is 0.363 e. The van der Waals surface area contributed by atoms with Crippen molar-refractivity contribution in [2.45, 2.75) is 26.9 Å². The average Bonchev–Trinajstić information content (AvgIpc) is 2.89. The van der Waals surface area contributed by atoms with Crippen molar-refractivity contribution >= 4 is 11.8 Å². The highest BCUT2D eigenvalue weighted by Crippen LogP contribution is 2.08. The first kappa shape index (κ1) is 17.7. The second kappa shape index (κ2) is 8.28. The van der Waals surface area contributed by atoms with Crippen LogP contribution in [0.1, 0.15) is 24.3 Å². The van der Waals surface area contributed by atoms with Gasteiger partial charge in [0.1, 0.15) is 11.6 Å². The van der Waals surface area contributed by atoms with E-state index < -0.39 is 0 Å². The molecule has 2 aromatic heterocycles. The normalized spacial score (nSPS) is 11.5. The maximum Gasteiger partial charge on any atom is 0.192 e. The molecule has 8 nitrogen and oxygen atoms in total. The minimum atomic E-state index is 0.509. The Labute approximate surface area is 143 Å². The molecule has 130 valence electrons. The highest BCUT2D eigenvalue weighted by molar-refractivity contribution is 5.79. The lowest BCUT2D eigenvalue weighted by Gasteiger charge is -2.13. The van der Waals surface area contributed by atoms with Crippen LogP contribution in [-0.4, -0.2) is 46.3 Å². The molecule has 0 unspecified atom stereocenters. The number of aryl methyl sites for hydroxylation is 1. The van der Waals surface area contributed by atoms with Gasteiger partial charge in [-0.3, -0.25) is 0 Å². The molecule has 2 aromatic rings. The van der Waals surface area contributed by atoms with Gasteiger partial charge in [0.25, 0.3) is 0 Å². The van der Waals surface area contributed by atoms with Crippen molar-refractivity contribution in [2.75, 3.05) is 25.5 Å². The lowest BCUT2D eigenvalue weighted by atomic mass is 10.3. The molecule has 0 aliphatic rings. The van der Waals surface area contributed by atoms with Crippen molar-refractivity contribution in [2.24, 2.45) is 12.0 Å². The number of anilines is 1. The third-order valence-electron chi connectivity index (χ3n) is 3.59. The quantitative estimate of drug-likeness (QED) is 0.603. The zero-order chi connectivity index (χ0) is 17.5. The predicted octanol–water partition coefficient (Wildman–Crippen LogP) is 0.840. The van der Waals surface area contributed by atoms with Crippen LogP contribution in [0.25, 0.3) is 0 Å². The van der Waals surface area contributed by atoms with Crippen LogP contribution in [-0.2, 0) is 20.1 Å². The van der Waals surface area contributed by atoms with E-state index >= 15 is 0 Å². The van der Waals surface area contributed by atoms with Crippen molar-refractivity contribution < 1.29 is 0 Å². The smallest absolute Gasteiger partial charge is 0.192 e. The number of rotatable bonds is 6. The summed E-state index contributed by atoms with van der Waals surface area (Å²) in [5, 5.41) is 14.7. The van der Waals surface area contributed by atoms with E-state index in [1.54, 1.807) is 0 Å². The molecule has 2 heterocycles. The van der Waals surface area contributed by atoms with Gasteiger partial charge in [-0.25, -0.2) is 9.98 Å². The highest BCUT2D eigenvalue weighted by atomic mass is 15.3. The van der Waals surface area contributed by atoms with Gasteiger partial charge < -0.3 is 20.1 Å². The predicted molar refractivity (Wildman–Crippen MR) is 96.0 cm³/mol. The number of nitrogens with zero attached hydrogens (tertiary/aromatic N) is 6. The standard InChI is InChI=1S/C16H26N8/c1-6-17-16(19-11-15-22-21-12(2)24(15)5)18-10-13-8-7-9-14(20-13)23(3)4/h7-9H,6,10-11H2,1-5H3,(H2,17,18,19). The van der Waals surface area contributed by atoms with Gasteiger partial charge in [0.2, 0.25) is 0 Å². The second-order valence-electron chi connectivity index (χ2n) is 5.65. The third kappa shape index (κ3) is 4.68. The number of hydrogen-bond donors (Lipinski definition) is 2. The van der Waals surface area contributed by atoms with Gasteiger partial charge in [0.05, 0.1) is 18.8 Å². The van der Waals surface area contributed by atoms with E-state index in [9.17, 15) is 0 Å². The molecular weight excluding hydrogens is 304 g/mol. The summed E-state index contributed by atoms with van der Waals surface area (Å²) < 4.78 is 1.96. The third-order valence-corrected chi connectivity index (χ3v) is 3.59. The lowest BCUT2D eigenvalue weighted by Crippen LogP contribution is -2.37. The van der Waals surface area contributed by atoms with Crippen LogP contribution in [0.15, 0.2) is 23.2 Å². The van der Waals surface area contributed by atoms with Crippen molar-refractivity contribution in [1.82, 2.24) is 30.4 Å². The summed E-state index contributed by atoms with van der Waals surface area (Å²) in [4.78, 5) is 11.1. The molecule has 2 rings (SSSR count). The summed E-state index contributed by atoms with van der Waals surface area (Å²) in [7, 11) is 5.90. The van der Waals surface area contributed by atoms with Gasteiger partial charge >= 0.3 is 0 Å². The van der Waals surface area contributed by atoms with Crippen molar-refractivity contribution in [3.8, 4) is 0 Å². The second-order valence-corrected chi connectivity index (χ2v) is 5.65. The molecule has 0 aliphatic heterocycles. The van der Waals surface area contributed by atoms with E-state index in [0.717, 1.165) is 35.7 Å². The van der Waals surface area contributed by atoms with E-state index in [1.165, 1.54) is 0 Å². The van der Waals surface area contributed by atoms with Crippen LogP contribution in [0.2, 0.25) is 0 Å². The molecule has 0 saturated carbocycles. The average molecular weight is 330 g/mol. The Bertz CT molecular complexity index is 689. The van der Waals surface area contributed by atoms with Gasteiger partial charge in [0, 0.05) is 27.7 Å². The Balaban J connectivity index is 2.02. The van der Waals surface area contributed by atoms with Crippen LogP contribution in [0.4, 0.5) is 5.82 Å². The fourth-order valence-corrected chi connectivity index (χ4v) is 2.07. The first-order valence-corrected chi connectivity index (χ1v) is 8.01. The van der Waals surface area contributed by atoms with Gasteiger partial charge in [-0.05, 0) is 26.0 Å². The molecule has 0 spiro atoms. The van der Waals surface area contributed by atoms with Crippen molar-refractivity contribution in [3.05, 3.63) is 35.5 Å². The number of nitrogens with one attached hydrogen (secondary N) is 2. The first-order valence-electron chi connectivity index (χ1n) is 8.01. The molecule has 0 aromatic carbocycles. The van der Waals surface area contributed by atoms with E-state index in [0.29, 0.717) is 13.1 Å². The molecule has 8 heteroatoms. The van der Waals surface area contributed by atoms with Crippen LogP contribution in [0.5, 0.6) is 0 Å². The monoisotopic (exact) mass is 330 g/mol. The van der Waals surface area contributed by atoms with E-state index in [2.05, 4.69) is 30.8 Å². The number of pyridine rings is 1. The molecule has 0 aliphatic carbocycles. The van der Waals surface area contributed by atoms with Crippen molar-refractivity contribution in [3.63, 3.8) is 0 Å². The SMILES string of the molecule is CCNC(=NCc1cccc(N(C)C)n1)NCc1nnc(C)n1C. The maximum absolute atomic E-state index is 4.59. The molecule has 0 amide bonds. The minimum absolute atomic E-state index is 0.509. The zero-order valence-corrected chi connectivity index (χ0v) is 15.0. The number of guanidine groups is 1. The Kier molecular flexibility index (Phi) is 6.11. The van der Waals surface area contributed by atoms with Crippen LogP contribution in [0.3, 0.4) is 0 Å². The van der Waals surface area contributed by atoms with Crippen LogP contribution >= 0.6 is 0 Å². The Hall–Kier alpha value is -2.64. The van der Waals surface area contributed by atoms with Gasteiger partial charge in [-0.2, -0.15) is 0 Å². The topological polar surface area (TPSA) is 83.3 Å². The molecule has 2 N–H and O–H groups in total. The van der Waals surface area contributed by atoms with E-state index in [1.807, 2.05) is 62.7 Å². The maximum atomic E-state index is 4.59. The Morgan fingerprint density at radius 3 is 2.67 bits per heavy atom. The lowest BCUT2D eigenvalue weighted by molar-refractivity contribution is 0.718. The molecular formula is C16H26N8. The van der Waals surface area contributed by atoms with E-state index in [4.69, 9.17) is 0 Å². The molecule has 0 atom stereocenters. The summed E-state index contributed by atoms with van der Waals surface area (Å²) in [5.74, 6) is 3.41. The van der Waals surface area contributed by atoms with Gasteiger partial charge in [0.15, 0.2) is 11.8 Å². The van der Waals surface area contributed by atoms with Gasteiger partial charge in [-0.1, -0.05) is 6.07 Å². The summed E-state index contributed by atoms with van der Waals surface area (Å²) >= 11 is 0. The summed E-state index contributed by atoms with van der Waals surface area (Å²) in [6, 6.07) is 5.95. The summed E-state index contributed by atoms with van der Waals surface area (Å²) in [6.45, 7) is 5.83. The minimum Gasteiger partial charge on any atom is -0.363 e. The fourth-order valence-electron chi connectivity index (χ4n) is 2.07. The number of hydrogen-bond acceptors (Lipinski definition) is 5. The summed E-state index contributed by atoms with van der Waals surface area (Å²) in [5.41, 5.74) is 0.924. The Morgan fingerprint density at radius 2 is 2.04 bits per heavy atom.